The molecule has 0 radical (unpaired) electrons. The second kappa shape index (κ2) is 7.87. The molecule has 1 saturated heterocycles. The molecule has 1 fully saturated rings. The van der Waals surface area contributed by atoms with Gasteiger partial charge in [-0.3, -0.25) is 9.59 Å². The number of para-hydroxylation sites is 1. The van der Waals surface area contributed by atoms with Crippen molar-refractivity contribution in [2.45, 2.75) is 13.3 Å². The minimum absolute atomic E-state index is 0.0267. The zero-order valence-electron chi connectivity index (χ0n) is 16.0. The standard InChI is InChI=1S/C22H21ClFN3O2/c1-14-17(16-4-2-3-5-20(16)25-14)13-21(28)26-8-10-27(11-9-26)22(29)18-12-15(23)6-7-19(18)24/h2-7,12,25H,8-11,13H2,1H3. The van der Waals surface area contributed by atoms with Crippen LogP contribution in [0, 0.1) is 12.7 Å². The number of carbonyl (C=O) groups is 2. The molecular weight excluding hydrogens is 393 g/mol. The van der Waals surface area contributed by atoms with Crippen LogP contribution in [-0.2, 0) is 11.2 Å². The Balaban J connectivity index is 1.41. The monoisotopic (exact) mass is 413 g/mol. The maximum absolute atomic E-state index is 14.0. The number of aryl methyl sites for hydroxylation is 1. The predicted molar refractivity (Wildman–Crippen MR) is 111 cm³/mol. The summed E-state index contributed by atoms with van der Waals surface area (Å²) in [5.41, 5.74) is 2.98. The first-order valence-electron chi connectivity index (χ1n) is 9.52. The van der Waals surface area contributed by atoms with Gasteiger partial charge in [-0.15, -0.1) is 0 Å². The molecular formula is C22H21ClFN3O2. The fourth-order valence-electron chi connectivity index (χ4n) is 3.82. The van der Waals surface area contributed by atoms with Crippen molar-refractivity contribution in [3.8, 4) is 0 Å². The van der Waals surface area contributed by atoms with Crippen molar-refractivity contribution >= 4 is 34.3 Å². The molecule has 0 atom stereocenters. The zero-order valence-corrected chi connectivity index (χ0v) is 16.8. The van der Waals surface area contributed by atoms with Gasteiger partial charge in [-0.1, -0.05) is 29.8 Å². The summed E-state index contributed by atoms with van der Waals surface area (Å²) in [5.74, 6) is -0.962. The summed E-state index contributed by atoms with van der Waals surface area (Å²) in [4.78, 5) is 32.1. The number of amides is 2. The van der Waals surface area contributed by atoms with Crippen LogP contribution in [0.2, 0.25) is 5.02 Å². The van der Waals surface area contributed by atoms with Gasteiger partial charge < -0.3 is 14.8 Å². The Morgan fingerprint density at radius 1 is 1.07 bits per heavy atom. The SMILES string of the molecule is Cc1[nH]c2ccccc2c1CC(=O)N1CCN(C(=O)c2cc(Cl)ccc2F)CC1. The van der Waals surface area contributed by atoms with Crippen LogP contribution in [0.15, 0.2) is 42.5 Å². The van der Waals surface area contributed by atoms with Crippen molar-refractivity contribution in [2.24, 2.45) is 0 Å². The first-order valence-corrected chi connectivity index (χ1v) is 9.90. The number of nitrogens with one attached hydrogen (secondary N) is 1. The van der Waals surface area contributed by atoms with Gasteiger partial charge in [-0.25, -0.2) is 4.39 Å². The topological polar surface area (TPSA) is 56.4 Å². The molecule has 7 heteroatoms. The number of rotatable bonds is 3. The maximum atomic E-state index is 14.0. The molecule has 0 bridgehead atoms. The van der Waals surface area contributed by atoms with Crippen molar-refractivity contribution in [1.82, 2.24) is 14.8 Å². The number of halogens is 2. The van der Waals surface area contributed by atoms with E-state index < -0.39 is 11.7 Å². The molecule has 0 unspecified atom stereocenters. The molecule has 3 aromatic rings. The van der Waals surface area contributed by atoms with Gasteiger partial charge in [0.15, 0.2) is 0 Å². The molecule has 4 rings (SSSR count). The van der Waals surface area contributed by atoms with Gasteiger partial charge in [0.1, 0.15) is 5.82 Å². The van der Waals surface area contributed by atoms with E-state index in [1.54, 1.807) is 9.80 Å². The lowest BCUT2D eigenvalue weighted by molar-refractivity contribution is -0.131. The predicted octanol–water partition coefficient (Wildman–Crippen LogP) is 3.80. The van der Waals surface area contributed by atoms with Crippen molar-refractivity contribution in [2.75, 3.05) is 26.2 Å². The molecule has 150 valence electrons. The van der Waals surface area contributed by atoms with Crippen molar-refractivity contribution in [3.05, 3.63) is 70.1 Å². The summed E-state index contributed by atoms with van der Waals surface area (Å²) < 4.78 is 14.0. The Labute approximate surface area is 173 Å². The average molecular weight is 414 g/mol. The van der Waals surface area contributed by atoms with Gasteiger partial charge in [0.2, 0.25) is 5.91 Å². The number of piperazine rings is 1. The molecule has 1 aromatic heterocycles. The largest absolute Gasteiger partial charge is 0.358 e. The fourth-order valence-corrected chi connectivity index (χ4v) is 3.99. The van der Waals surface area contributed by atoms with Crippen LogP contribution in [0.1, 0.15) is 21.6 Å². The summed E-state index contributed by atoms with van der Waals surface area (Å²) in [5, 5.41) is 1.38. The Morgan fingerprint density at radius 3 is 2.52 bits per heavy atom. The lowest BCUT2D eigenvalue weighted by atomic mass is 10.1. The molecule has 1 aliphatic heterocycles. The molecule has 2 aromatic carbocycles. The summed E-state index contributed by atoms with van der Waals surface area (Å²) in [6.07, 6.45) is 0.312. The summed E-state index contributed by atoms with van der Waals surface area (Å²) in [7, 11) is 0. The summed E-state index contributed by atoms with van der Waals surface area (Å²) in [6, 6.07) is 11.9. The van der Waals surface area contributed by atoms with E-state index in [9.17, 15) is 14.0 Å². The zero-order chi connectivity index (χ0) is 20.5. The second-order valence-corrected chi connectivity index (χ2v) is 7.68. The lowest BCUT2D eigenvalue weighted by Gasteiger charge is -2.35. The average Bonchev–Trinajstić information content (AvgIpc) is 3.04. The number of hydrogen-bond donors (Lipinski definition) is 1. The van der Waals surface area contributed by atoms with Gasteiger partial charge in [0.05, 0.1) is 12.0 Å². The highest BCUT2D eigenvalue weighted by atomic mass is 35.5. The number of fused-ring (bicyclic) bond motifs is 1. The van der Waals surface area contributed by atoms with Gasteiger partial charge in [0.25, 0.3) is 5.91 Å². The van der Waals surface area contributed by atoms with E-state index in [4.69, 9.17) is 11.6 Å². The van der Waals surface area contributed by atoms with Crippen LogP contribution < -0.4 is 0 Å². The number of aromatic nitrogens is 1. The molecule has 2 amide bonds. The van der Waals surface area contributed by atoms with Gasteiger partial charge in [-0.2, -0.15) is 0 Å². The summed E-state index contributed by atoms with van der Waals surface area (Å²) in [6.45, 7) is 3.55. The number of nitrogens with zero attached hydrogens (tertiary/aromatic N) is 2. The van der Waals surface area contributed by atoms with E-state index in [0.29, 0.717) is 37.6 Å². The van der Waals surface area contributed by atoms with E-state index in [1.807, 2.05) is 31.2 Å². The Hall–Kier alpha value is -2.86. The number of hydrogen-bond acceptors (Lipinski definition) is 2. The minimum atomic E-state index is -0.590. The molecule has 0 spiro atoms. The van der Waals surface area contributed by atoms with Crippen molar-refractivity contribution in [1.29, 1.82) is 0 Å². The first-order chi connectivity index (χ1) is 13.9. The molecule has 0 saturated carbocycles. The maximum Gasteiger partial charge on any atom is 0.257 e. The highest BCUT2D eigenvalue weighted by molar-refractivity contribution is 6.31. The van der Waals surface area contributed by atoms with Gasteiger partial charge in [0, 0.05) is 47.8 Å². The Morgan fingerprint density at radius 2 is 1.76 bits per heavy atom. The normalized spacial score (nSPS) is 14.4. The van der Waals surface area contributed by atoms with Gasteiger partial charge >= 0.3 is 0 Å². The van der Waals surface area contributed by atoms with Crippen LogP contribution in [0.3, 0.4) is 0 Å². The third kappa shape index (κ3) is 3.85. The Bertz CT molecular complexity index is 1090. The molecule has 29 heavy (non-hydrogen) atoms. The smallest absolute Gasteiger partial charge is 0.257 e. The molecule has 5 nitrogen and oxygen atoms in total. The van der Waals surface area contributed by atoms with Crippen molar-refractivity contribution in [3.63, 3.8) is 0 Å². The van der Waals surface area contributed by atoms with Crippen molar-refractivity contribution < 1.29 is 14.0 Å². The first kappa shape index (κ1) is 19.5. The second-order valence-electron chi connectivity index (χ2n) is 7.25. The fraction of sp³-hybridized carbons (Fsp3) is 0.273. The van der Waals surface area contributed by atoms with Crippen LogP contribution in [0.25, 0.3) is 10.9 Å². The summed E-state index contributed by atoms with van der Waals surface area (Å²) >= 11 is 5.89. The molecule has 0 aliphatic carbocycles. The lowest BCUT2D eigenvalue weighted by Crippen LogP contribution is -2.51. The Kier molecular flexibility index (Phi) is 5.28. The van der Waals surface area contributed by atoms with Crippen LogP contribution in [0.5, 0.6) is 0 Å². The molecule has 1 N–H and O–H groups in total. The number of benzene rings is 2. The van der Waals surface area contributed by atoms with E-state index in [-0.39, 0.29) is 11.5 Å². The van der Waals surface area contributed by atoms with Crippen LogP contribution in [0.4, 0.5) is 4.39 Å². The molecule has 1 aliphatic rings. The van der Waals surface area contributed by atoms with Gasteiger partial charge in [-0.05, 0) is 36.8 Å². The highest BCUT2D eigenvalue weighted by Gasteiger charge is 2.27. The third-order valence-electron chi connectivity index (χ3n) is 5.43. The van der Waals surface area contributed by atoms with E-state index >= 15 is 0 Å². The van der Waals surface area contributed by atoms with E-state index in [2.05, 4.69) is 4.98 Å². The van der Waals surface area contributed by atoms with E-state index in [0.717, 1.165) is 22.2 Å². The number of aromatic amines is 1. The molecule has 2 heterocycles. The number of carbonyl (C=O) groups excluding carboxylic acids is 2. The highest BCUT2D eigenvalue weighted by Crippen LogP contribution is 2.23. The third-order valence-corrected chi connectivity index (χ3v) is 5.67. The van der Waals surface area contributed by atoms with Crippen LogP contribution in [-0.4, -0.2) is 52.8 Å². The van der Waals surface area contributed by atoms with Crippen LogP contribution >= 0.6 is 11.6 Å². The minimum Gasteiger partial charge on any atom is -0.358 e. The van der Waals surface area contributed by atoms with E-state index in [1.165, 1.54) is 18.2 Å². The number of H-pyrrole nitrogens is 1. The quantitative estimate of drug-likeness (QED) is 0.710.